The summed E-state index contributed by atoms with van der Waals surface area (Å²) in [5, 5.41) is 3.21. The van der Waals surface area contributed by atoms with Crippen molar-refractivity contribution in [3.63, 3.8) is 0 Å². The van der Waals surface area contributed by atoms with Crippen molar-refractivity contribution in [2.24, 2.45) is 10.4 Å². The predicted octanol–water partition coefficient (Wildman–Crippen LogP) is 13.5. The van der Waals surface area contributed by atoms with Gasteiger partial charge in [-0.15, -0.1) is 0 Å². The smallest absolute Gasteiger partial charge is 0.0514 e. The van der Waals surface area contributed by atoms with Crippen LogP contribution in [0.25, 0.3) is 0 Å². The number of hydrogen-bond acceptors (Lipinski definition) is 3. The lowest BCUT2D eigenvalue weighted by molar-refractivity contribution is 0.442. The van der Waals surface area contributed by atoms with Crippen molar-refractivity contribution < 1.29 is 0 Å². The fourth-order valence-corrected chi connectivity index (χ4v) is 4.53. The van der Waals surface area contributed by atoms with Crippen LogP contribution in [-0.2, 0) is 6.42 Å². The minimum Gasteiger partial charge on any atom is -0.368 e. The Morgan fingerprint density at radius 1 is 0.957 bits per heavy atom. The van der Waals surface area contributed by atoms with Gasteiger partial charge in [-0.25, -0.2) is 0 Å². The van der Waals surface area contributed by atoms with E-state index >= 15 is 0 Å². The summed E-state index contributed by atoms with van der Waals surface area (Å²) in [6.45, 7) is 43.6. The summed E-state index contributed by atoms with van der Waals surface area (Å²) < 4.78 is 0. The van der Waals surface area contributed by atoms with Crippen molar-refractivity contribution in [3.05, 3.63) is 151 Å². The number of rotatable bonds is 17. The quantitative estimate of drug-likeness (QED) is 0.136. The minimum absolute atomic E-state index is 0.0809. The fraction of sp³-hybridized carbons (Fsp3) is 0.386. The number of nitrogens with zero attached hydrogens (tertiary/aromatic N) is 2. The Hall–Kier alpha value is -4.11. The van der Waals surface area contributed by atoms with E-state index in [0.717, 1.165) is 46.8 Å². The van der Waals surface area contributed by atoms with Crippen LogP contribution in [-0.4, -0.2) is 5.71 Å². The Labute approximate surface area is 291 Å². The van der Waals surface area contributed by atoms with Gasteiger partial charge >= 0.3 is 0 Å². The van der Waals surface area contributed by atoms with Crippen LogP contribution in [0.1, 0.15) is 113 Å². The highest BCUT2D eigenvalue weighted by molar-refractivity contribution is 5.79. The fourth-order valence-electron chi connectivity index (χ4n) is 4.53. The molecule has 0 amide bonds. The van der Waals surface area contributed by atoms with Crippen LogP contribution in [0.15, 0.2) is 145 Å². The number of hydrogen-bond donors (Lipinski definition) is 1. The maximum Gasteiger partial charge on any atom is 0.0514 e. The standard InChI is InChI=1S/C40H55N3.2C2H6/c1-14-20-23-36(18-5)43(39(22-16-3)38(29-41-19-6)34(17-4)21-15-2)37-25-33(24-35(26-37)30(7)8)27-40(12,13)32(11)28-42-31(9)10;2*1-2/h14-15,17-26,28-30,41H,2,4-6,16,27H2,1,3,7-13H3;2*1-2H3/b20-14-,32-28+,34-21+,36-23+,38-29-,39-22-;;. The van der Waals surface area contributed by atoms with Gasteiger partial charge in [-0.3, -0.25) is 4.99 Å². The first kappa shape index (κ1) is 45.0. The van der Waals surface area contributed by atoms with Crippen molar-refractivity contribution in [2.75, 3.05) is 4.90 Å². The van der Waals surface area contributed by atoms with E-state index in [1.165, 1.54) is 16.7 Å². The molecule has 0 saturated carbocycles. The molecule has 0 spiro atoms. The number of aliphatic imine (C=N–C) groups is 1. The van der Waals surface area contributed by atoms with Crippen LogP contribution in [0.3, 0.4) is 0 Å². The molecule has 0 aromatic heterocycles. The van der Waals surface area contributed by atoms with Gasteiger partial charge in [-0.05, 0) is 105 Å². The van der Waals surface area contributed by atoms with E-state index in [-0.39, 0.29) is 5.41 Å². The van der Waals surface area contributed by atoms with Crippen molar-refractivity contribution in [3.8, 4) is 0 Å². The molecule has 0 aliphatic heterocycles. The molecule has 3 nitrogen and oxygen atoms in total. The molecule has 0 unspecified atom stereocenters. The van der Waals surface area contributed by atoms with Crippen LogP contribution < -0.4 is 10.2 Å². The van der Waals surface area contributed by atoms with E-state index in [4.69, 9.17) is 0 Å². The monoisotopic (exact) mass is 638 g/mol. The van der Waals surface area contributed by atoms with E-state index in [1.54, 1.807) is 12.3 Å². The van der Waals surface area contributed by atoms with Gasteiger partial charge in [0.15, 0.2) is 0 Å². The minimum atomic E-state index is -0.0809. The molecule has 0 radical (unpaired) electrons. The van der Waals surface area contributed by atoms with Crippen LogP contribution in [0, 0.1) is 5.41 Å². The third-order valence-corrected chi connectivity index (χ3v) is 7.17. The lowest BCUT2D eigenvalue weighted by Gasteiger charge is -2.33. The maximum absolute atomic E-state index is 4.59. The number of nitrogens with one attached hydrogen (secondary N) is 1. The molecule has 0 aliphatic rings. The van der Waals surface area contributed by atoms with Gasteiger partial charge in [0.25, 0.3) is 0 Å². The van der Waals surface area contributed by atoms with E-state index in [1.807, 2.05) is 91.2 Å². The van der Waals surface area contributed by atoms with Crippen molar-refractivity contribution in [2.45, 2.75) is 109 Å². The van der Waals surface area contributed by atoms with Gasteiger partial charge in [-0.1, -0.05) is 131 Å². The molecule has 258 valence electrons. The molecule has 1 N–H and O–H groups in total. The van der Waals surface area contributed by atoms with Crippen LogP contribution >= 0.6 is 0 Å². The highest BCUT2D eigenvalue weighted by Gasteiger charge is 2.25. The van der Waals surface area contributed by atoms with Crippen LogP contribution in [0.2, 0.25) is 0 Å². The average molecular weight is 638 g/mol. The van der Waals surface area contributed by atoms with Gasteiger partial charge in [0.1, 0.15) is 0 Å². The number of benzene rings is 1. The highest BCUT2D eigenvalue weighted by Crippen LogP contribution is 2.38. The van der Waals surface area contributed by atoms with Crippen molar-refractivity contribution in [1.82, 2.24) is 5.32 Å². The summed E-state index contributed by atoms with van der Waals surface area (Å²) in [6.07, 6.45) is 23.3. The van der Waals surface area contributed by atoms with Crippen LogP contribution in [0.5, 0.6) is 0 Å². The topological polar surface area (TPSA) is 27.6 Å². The molecule has 1 aromatic carbocycles. The summed E-state index contributed by atoms with van der Waals surface area (Å²) in [6, 6.07) is 6.97. The first-order chi connectivity index (χ1) is 22.4. The molecule has 0 aliphatic carbocycles. The summed E-state index contributed by atoms with van der Waals surface area (Å²) in [4.78, 5) is 6.88. The van der Waals surface area contributed by atoms with E-state index in [2.05, 4.69) is 113 Å². The molecular formula is C44H67N3. The Morgan fingerprint density at radius 2 is 1.60 bits per heavy atom. The second kappa shape index (κ2) is 25.0. The zero-order valence-corrected chi connectivity index (χ0v) is 32.3. The van der Waals surface area contributed by atoms with Crippen LogP contribution in [0.4, 0.5) is 5.69 Å². The molecule has 0 atom stereocenters. The predicted molar refractivity (Wildman–Crippen MR) is 217 cm³/mol. The first-order valence-electron chi connectivity index (χ1n) is 17.2. The Morgan fingerprint density at radius 3 is 2.06 bits per heavy atom. The SMILES string of the molecule is C=C/C=C(C=C)/C(=C/NC=C)C(=C/CC)/N(/C(C=C)=C/C=C\C)c1cc(CC(C)(C)/C(C)=C/N=C(C)C)cc(C(C)C)c1.CC.CC. The van der Waals surface area contributed by atoms with Crippen molar-refractivity contribution >= 4 is 11.4 Å². The molecule has 0 saturated heterocycles. The Bertz CT molecular complexity index is 1350. The zero-order valence-electron chi connectivity index (χ0n) is 32.3. The highest BCUT2D eigenvalue weighted by atomic mass is 15.2. The van der Waals surface area contributed by atoms with Gasteiger partial charge < -0.3 is 10.2 Å². The number of allylic oxidation sites excluding steroid dienone is 10. The summed E-state index contributed by atoms with van der Waals surface area (Å²) in [7, 11) is 0. The summed E-state index contributed by atoms with van der Waals surface area (Å²) in [5.41, 5.74) is 9.72. The Balaban J connectivity index is 0. The Kier molecular flexibility index (Phi) is 24.0. The third-order valence-electron chi connectivity index (χ3n) is 7.17. The second-order valence-electron chi connectivity index (χ2n) is 11.7. The van der Waals surface area contributed by atoms with E-state index < -0.39 is 0 Å². The van der Waals surface area contributed by atoms with Gasteiger partial charge in [-0.2, -0.15) is 0 Å². The summed E-state index contributed by atoms with van der Waals surface area (Å²) >= 11 is 0. The lowest BCUT2D eigenvalue weighted by Crippen LogP contribution is -2.24. The molecule has 0 heterocycles. The molecule has 1 rings (SSSR count). The molecule has 0 fully saturated rings. The molecule has 47 heavy (non-hydrogen) atoms. The van der Waals surface area contributed by atoms with E-state index in [0.29, 0.717) is 5.92 Å². The van der Waals surface area contributed by atoms with Crippen molar-refractivity contribution in [1.29, 1.82) is 0 Å². The van der Waals surface area contributed by atoms with Gasteiger partial charge in [0.2, 0.25) is 0 Å². The molecular weight excluding hydrogens is 571 g/mol. The third kappa shape index (κ3) is 15.4. The second-order valence-corrected chi connectivity index (χ2v) is 11.7. The maximum atomic E-state index is 4.59. The van der Waals surface area contributed by atoms with Gasteiger partial charge in [0, 0.05) is 35.1 Å². The normalized spacial score (nSPS) is 12.8. The summed E-state index contributed by atoms with van der Waals surface area (Å²) in [5.74, 6) is 0.347. The first-order valence-corrected chi connectivity index (χ1v) is 17.2. The largest absolute Gasteiger partial charge is 0.368 e. The molecule has 1 aromatic rings. The molecule has 3 heteroatoms. The van der Waals surface area contributed by atoms with E-state index in [9.17, 15) is 0 Å². The number of anilines is 1. The zero-order chi connectivity index (χ0) is 36.6. The lowest BCUT2D eigenvalue weighted by atomic mass is 9.79. The average Bonchev–Trinajstić information content (AvgIpc) is 3.06. The van der Waals surface area contributed by atoms with Gasteiger partial charge in [0.05, 0.1) is 5.70 Å². The molecule has 0 bridgehead atoms.